The first kappa shape index (κ1) is 38.5. The normalized spacial score (nSPS) is 20.6. The number of amides is 2. The molecule has 0 bridgehead atoms. The van der Waals surface area contributed by atoms with Gasteiger partial charge in [0.1, 0.15) is 5.75 Å². The van der Waals surface area contributed by atoms with Crippen molar-refractivity contribution in [3.63, 3.8) is 0 Å². The number of fused-ring (bicyclic) bond motifs is 1. The second-order valence-corrected chi connectivity index (χ2v) is 14.9. The number of sulfonamides is 1. The number of ether oxygens (including phenoxy) is 2. The molecule has 47 heavy (non-hydrogen) atoms. The van der Waals surface area contributed by atoms with Gasteiger partial charge in [-0.2, -0.15) is 0 Å². The van der Waals surface area contributed by atoms with E-state index < -0.39 is 22.0 Å². The minimum atomic E-state index is -3.98. The fourth-order valence-electron chi connectivity index (χ4n) is 5.39. The molecule has 2 aromatic carbocycles. The van der Waals surface area contributed by atoms with Gasteiger partial charge in [0, 0.05) is 49.8 Å². The molecule has 2 amide bonds. The van der Waals surface area contributed by atoms with Crippen molar-refractivity contribution in [2.24, 2.45) is 5.92 Å². The number of benzene rings is 2. The molecule has 13 heteroatoms. The van der Waals surface area contributed by atoms with Crippen LogP contribution in [0.5, 0.6) is 5.75 Å². The number of likely N-dealkylation sites (N-methyl/N-ethyl adjacent to an activating group) is 1. The van der Waals surface area contributed by atoms with E-state index in [2.05, 4.69) is 4.72 Å². The topological polar surface area (TPSA) is 129 Å². The largest absolute Gasteiger partial charge is 0.490 e. The Morgan fingerprint density at radius 3 is 2.49 bits per heavy atom. The van der Waals surface area contributed by atoms with Crippen LogP contribution in [0.3, 0.4) is 0 Å². The Hall–Kier alpha value is -2.90. The van der Waals surface area contributed by atoms with Crippen LogP contribution in [0.2, 0.25) is 5.02 Å². The zero-order chi connectivity index (χ0) is 34.7. The van der Waals surface area contributed by atoms with Crippen LogP contribution < -0.4 is 9.46 Å². The van der Waals surface area contributed by atoms with E-state index in [0.29, 0.717) is 36.8 Å². The summed E-state index contributed by atoms with van der Waals surface area (Å²) in [6, 6.07) is 9.85. The zero-order valence-electron chi connectivity index (χ0n) is 28.4. The monoisotopic (exact) mass is 694 g/mol. The number of aliphatic hydroxyl groups is 1. The SMILES string of the molecule is C[C@H]1CCCCO[C@@H](CN(C)C(=O)CCCN(C)C)[C@@H](C)CN([C@@H](C)CO)C(=O)c2cc(NS(=O)(=O)c3ccc(Cl)cc3)ccc2O1. The van der Waals surface area contributed by atoms with E-state index in [1.165, 1.54) is 30.3 Å². The average molecular weight is 695 g/mol. The van der Waals surface area contributed by atoms with Gasteiger partial charge in [-0.3, -0.25) is 14.3 Å². The van der Waals surface area contributed by atoms with Gasteiger partial charge in [0.2, 0.25) is 5.91 Å². The highest BCUT2D eigenvalue weighted by molar-refractivity contribution is 7.92. The molecule has 4 atom stereocenters. The third-order valence-electron chi connectivity index (χ3n) is 8.30. The molecule has 0 radical (unpaired) electrons. The van der Waals surface area contributed by atoms with Crippen LogP contribution in [0.25, 0.3) is 0 Å². The lowest BCUT2D eigenvalue weighted by atomic mass is 10.0. The molecule has 1 aliphatic rings. The highest BCUT2D eigenvalue weighted by atomic mass is 35.5. The van der Waals surface area contributed by atoms with E-state index in [0.717, 1.165) is 25.8 Å². The first-order chi connectivity index (χ1) is 22.2. The predicted molar refractivity (Wildman–Crippen MR) is 185 cm³/mol. The second-order valence-electron chi connectivity index (χ2n) is 12.8. The first-order valence-electron chi connectivity index (χ1n) is 16.2. The van der Waals surface area contributed by atoms with Crippen LogP contribution in [-0.2, 0) is 19.6 Å². The van der Waals surface area contributed by atoms with Crippen LogP contribution in [0.4, 0.5) is 5.69 Å². The fraction of sp³-hybridized carbons (Fsp3) is 0.588. The summed E-state index contributed by atoms with van der Waals surface area (Å²) in [5.74, 6) is -0.264. The predicted octanol–water partition coefficient (Wildman–Crippen LogP) is 4.74. The number of aliphatic hydroxyl groups excluding tert-OH is 1. The lowest BCUT2D eigenvalue weighted by molar-refractivity contribution is -0.132. The van der Waals surface area contributed by atoms with Crippen molar-refractivity contribution in [3.05, 3.63) is 53.1 Å². The molecular formula is C34H51ClN4O7S. The third kappa shape index (κ3) is 11.6. The number of hydrogen-bond donors (Lipinski definition) is 2. The summed E-state index contributed by atoms with van der Waals surface area (Å²) in [5.41, 5.74) is 0.355. The van der Waals surface area contributed by atoms with Gasteiger partial charge in [0.05, 0.1) is 35.3 Å². The van der Waals surface area contributed by atoms with Crippen molar-refractivity contribution in [2.75, 3.05) is 58.7 Å². The number of anilines is 1. The minimum Gasteiger partial charge on any atom is -0.490 e. The molecule has 0 unspecified atom stereocenters. The van der Waals surface area contributed by atoms with Crippen molar-refractivity contribution < 1.29 is 32.6 Å². The number of carbonyl (C=O) groups excluding carboxylic acids is 2. The molecule has 0 saturated heterocycles. The molecule has 2 N–H and O–H groups in total. The average Bonchev–Trinajstić information content (AvgIpc) is 3.02. The highest BCUT2D eigenvalue weighted by Crippen LogP contribution is 2.30. The minimum absolute atomic E-state index is 0.0229. The van der Waals surface area contributed by atoms with Crippen molar-refractivity contribution in [1.82, 2.24) is 14.7 Å². The molecular weight excluding hydrogens is 644 g/mol. The fourth-order valence-corrected chi connectivity index (χ4v) is 6.56. The van der Waals surface area contributed by atoms with Crippen molar-refractivity contribution in [2.45, 2.75) is 76.0 Å². The molecule has 0 fully saturated rings. The Balaban J connectivity index is 1.93. The molecule has 11 nitrogen and oxygen atoms in total. The first-order valence-corrected chi connectivity index (χ1v) is 18.1. The van der Waals surface area contributed by atoms with Crippen molar-refractivity contribution in [3.8, 4) is 5.75 Å². The van der Waals surface area contributed by atoms with Gasteiger partial charge in [-0.25, -0.2) is 8.42 Å². The molecule has 3 rings (SSSR count). The van der Waals surface area contributed by atoms with Gasteiger partial charge in [-0.1, -0.05) is 18.5 Å². The quantitative estimate of drug-likeness (QED) is 0.346. The highest BCUT2D eigenvalue weighted by Gasteiger charge is 2.31. The van der Waals surface area contributed by atoms with Gasteiger partial charge >= 0.3 is 0 Å². The molecule has 0 aliphatic carbocycles. The van der Waals surface area contributed by atoms with Gasteiger partial charge in [0.25, 0.3) is 15.9 Å². The lowest BCUT2D eigenvalue weighted by Crippen LogP contribution is -2.48. The van der Waals surface area contributed by atoms with E-state index in [9.17, 15) is 23.1 Å². The number of hydrogen-bond acceptors (Lipinski definition) is 8. The molecule has 0 spiro atoms. The van der Waals surface area contributed by atoms with E-state index in [1.807, 2.05) is 32.8 Å². The van der Waals surface area contributed by atoms with E-state index in [1.54, 1.807) is 35.9 Å². The summed E-state index contributed by atoms with van der Waals surface area (Å²) in [6.07, 6.45) is 2.94. The maximum Gasteiger partial charge on any atom is 0.261 e. The molecule has 1 aliphatic heterocycles. The Kier molecular flexibility index (Phi) is 14.8. The standard InChI is InChI=1S/C34H51ClN4O7S/c1-24-21-39(25(2)23-40)34(42)30-20-28(36-47(43,44)29-15-12-27(35)13-16-29)14-17-31(30)46-26(3)10-7-8-19-45-32(24)22-38(6)33(41)11-9-18-37(4)5/h12-17,20,24-26,32,36,40H,7-11,18-19,21-23H2,1-6H3/t24-,25-,26-,32-/m0/s1. The van der Waals surface area contributed by atoms with Crippen molar-refractivity contribution in [1.29, 1.82) is 0 Å². The summed E-state index contributed by atoms with van der Waals surface area (Å²) in [7, 11) is 1.75. The third-order valence-corrected chi connectivity index (χ3v) is 9.95. The summed E-state index contributed by atoms with van der Waals surface area (Å²) in [4.78, 5) is 32.6. The zero-order valence-corrected chi connectivity index (χ0v) is 30.0. The molecule has 262 valence electrons. The summed E-state index contributed by atoms with van der Waals surface area (Å²) in [6.45, 7) is 7.27. The van der Waals surface area contributed by atoms with Gasteiger partial charge < -0.3 is 29.3 Å². The molecule has 2 aromatic rings. The summed E-state index contributed by atoms with van der Waals surface area (Å²) < 4.78 is 41.5. The maximum atomic E-state index is 14.3. The summed E-state index contributed by atoms with van der Waals surface area (Å²) >= 11 is 5.94. The number of carbonyl (C=O) groups is 2. The van der Waals surface area contributed by atoms with Gasteiger partial charge in [0.15, 0.2) is 0 Å². The van der Waals surface area contributed by atoms with Crippen LogP contribution in [0, 0.1) is 5.92 Å². The van der Waals surface area contributed by atoms with Crippen LogP contribution >= 0.6 is 11.6 Å². The molecule has 1 heterocycles. The van der Waals surface area contributed by atoms with Crippen LogP contribution in [0.15, 0.2) is 47.4 Å². The molecule has 0 saturated carbocycles. The second kappa shape index (κ2) is 18.0. The number of rotatable bonds is 11. The lowest BCUT2D eigenvalue weighted by Gasteiger charge is -2.36. The summed E-state index contributed by atoms with van der Waals surface area (Å²) in [5, 5.41) is 10.6. The smallest absolute Gasteiger partial charge is 0.261 e. The van der Waals surface area contributed by atoms with Gasteiger partial charge in [-0.15, -0.1) is 0 Å². The maximum absolute atomic E-state index is 14.3. The Labute approximate surface area is 285 Å². The van der Waals surface area contributed by atoms with Crippen molar-refractivity contribution >= 4 is 39.1 Å². The molecule has 0 aromatic heterocycles. The van der Waals surface area contributed by atoms with Crippen LogP contribution in [0.1, 0.15) is 63.2 Å². The number of nitrogens with zero attached hydrogens (tertiary/aromatic N) is 3. The Morgan fingerprint density at radius 2 is 1.83 bits per heavy atom. The Bertz CT molecular complexity index is 1420. The van der Waals surface area contributed by atoms with E-state index in [4.69, 9.17) is 21.1 Å². The Morgan fingerprint density at radius 1 is 1.13 bits per heavy atom. The van der Waals surface area contributed by atoms with E-state index in [-0.39, 0.29) is 53.3 Å². The number of nitrogens with one attached hydrogen (secondary N) is 1. The number of halogens is 1. The van der Waals surface area contributed by atoms with Crippen LogP contribution in [-0.4, -0.2) is 112 Å². The van der Waals surface area contributed by atoms with E-state index >= 15 is 0 Å². The van der Waals surface area contributed by atoms with Gasteiger partial charge in [-0.05, 0) is 103 Å².